The largest absolute Gasteiger partial charge is 0.345 e. The summed E-state index contributed by atoms with van der Waals surface area (Å²) >= 11 is 11.6. The van der Waals surface area contributed by atoms with Crippen LogP contribution in [0.5, 0.6) is 0 Å². The van der Waals surface area contributed by atoms with Gasteiger partial charge in [0.2, 0.25) is 0 Å². The van der Waals surface area contributed by atoms with Gasteiger partial charge in [0.25, 0.3) is 11.6 Å². The standard InChI is InChI=1S/C9H8Cl2N2O3/c1-12(2)9(14)7-5(10)3-4-6(8(7)11)13(15)16/h3-4H,1-2H3. The molecule has 1 rings (SSSR count). The molecule has 16 heavy (non-hydrogen) atoms. The average Bonchev–Trinajstić information content (AvgIpc) is 2.16. The highest BCUT2D eigenvalue weighted by Gasteiger charge is 2.24. The number of amides is 1. The third-order valence-electron chi connectivity index (χ3n) is 1.89. The monoisotopic (exact) mass is 262 g/mol. The number of carbonyl (C=O) groups is 1. The summed E-state index contributed by atoms with van der Waals surface area (Å²) in [4.78, 5) is 22.9. The van der Waals surface area contributed by atoms with E-state index in [1.165, 1.54) is 25.1 Å². The van der Waals surface area contributed by atoms with Crippen LogP contribution in [0.3, 0.4) is 0 Å². The fraction of sp³-hybridized carbons (Fsp3) is 0.222. The van der Waals surface area contributed by atoms with Crippen LogP contribution < -0.4 is 0 Å². The van der Waals surface area contributed by atoms with E-state index in [0.29, 0.717) is 0 Å². The molecule has 0 aliphatic rings. The molecule has 0 aliphatic heterocycles. The van der Waals surface area contributed by atoms with E-state index in [9.17, 15) is 14.9 Å². The first-order valence-corrected chi connectivity index (χ1v) is 4.96. The lowest BCUT2D eigenvalue weighted by Gasteiger charge is -2.12. The lowest BCUT2D eigenvalue weighted by Crippen LogP contribution is -2.22. The molecule has 0 atom stereocenters. The molecule has 1 aromatic rings. The number of rotatable bonds is 2. The quantitative estimate of drug-likeness (QED) is 0.608. The van der Waals surface area contributed by atoms with Crippen molar-refractivity contribution >= 4 is 34.8 Å². The number of nitro benzene ring substituents is 1. The Kier molecular flexibility index (Phi) is 3.72. The molecule has 0 unspecified atom stereocenters. The lowest BCUT2D eigenvalue weighted by molar-refractivity contribution is -0.384. The van der Waals surface area contributed by atoms with Gasteiger partial charge in [0.15, 0.2) is 0 Å². The van der Waals surface area contributed by atoms with Crippen molar-refractivity contribution in [3.63, 3.8) is 0 Å². The third kappa shape index (κ3) is 2.25. The van der Waals surface area contributed by atoms with Crippen molar-refractivity contribution in [1.82, 2.24) is 4.90 Å². The maximum atomic E-state index is 11.7. The Morgan fingerprint density at radius 3 is 2.38 bits per heavy atom. The Morgan fingerprint density at radius 1 is 1.38 bits per heavy atom. The van der Waals surface area contributed by atoms with E-state index >= 15 is 0 Å². The summed E-state index contributed by atoms with van der Waals surface area (Å²) in [6.07, 6.45) is 0. The molecule has 0 N–H and O–H groups in total. The molecule has 0 spiro atoms. The summed E-state index contributed by atoms with van der Waals surface area (Å²) in [6.45, 7) is 0. The van der Waals surface area contributed by atoms with Crippen LogP contribution in [0, 0.1) is 10.1 Å². The minimum absolute atomic E-state index is 0.0532. The SMILES string of the molecule is CN(C)C(=O)c1c(Cl)ccc([N+](=O)[O-])c1Cl. The van der Waals surface area contributed by atoms with Gasteiger partial charge in [0.05, 0.1) is 15.5 Å². The van der Waals surface area contributed by atoms with Crippen LogP contribution in [-0.2, 0) is 0 Å². The Morgan fingerprint density at radius 2 is 1.94 bits per heavy atom. The number of benzene rings is 1. The zero-order valence-corrected chi connectivity index (χ0v) is 10.0. The molecule has 1 amide bonds. The number of nitro groups is 1. The molecule has 86 valence electrons. The van der Waals surface area contributed by atoms with Gasteiger partial charge in [-0.05, 0) is 6.07 Å². The van der Waals surface area contributed by atoms with Crippen molar-refractivity contribution < 1.29 is 9.72 Å². The summed E-state index contributed by atoms with van der Waals surface area (Å²) in [6, 6.07) is 2.44. The molecule has 0 aromatic heterocycles. The van der Waals surface area contributed by atoms with Crippen molar-refractivity contribution in [2.24, 2.45) is 0 Å². The summed E-state index contributed by atoms with van der Waals surface area (Å²) in [7, 11) is 3.02. The second-order valence-corrected chi connectivity index (χ2v) is 4.00. The van der Waals surface area contributed by atoms with Crippen LogP contribution in [-0.4, -0.2) is 29.8 Å². The first-order chi connectivity index (χ1) is 7.36. The smallest absolute Gasteiger partial charge is 0.288 e. The van der Waals surface area contributed by atoms with Crippen LogP contribution in [0.15, 0.2) is 12.1 Å². The molecule has 0 radical (unpaired) electrons. The highest BCUT2D eigenvalue weighted by Crippen LogP contribution is 2.33. The Hall–Kier alpha value is -1.33. The zero-order chi connectivity index (χ0) is 12.5. The van der Waals surface area contributed by atoms with E-state index in [0.717, 1.165) is 6.07 Å². The lowest BCUT2D eigenvalue weighted by atomic mass is 10.1. The maximum absolute atomic E-state index is 11.7. The van der Waals surface area contributed by atoms with Crippen molar-refractivity contribution in [3.8, 4) is 0 Å². The van der Waals surface area contributed by atoms with Gasteiger partial charge in [-0.1, -0.05) is 23.2 Å². The second kappa shape index (κ2) is 4.67. The molecule has 1 aromatic carbocycles. The summed E-state index contributed by atoms with van der Waals surface area (Å²) in [5.74, 6) is -0.473. The van der Waals surface area contributed by atoms with Crippen molar-refractivity contribution in [2.45, 2.75) is 0 Å². The van der Waals surface area contributed by atoms with Gasteiger partial charge in [-0.2, -0.15) is 0 Å². The molecule has 0 bridgehead atoms. The molecular formula is C9H8Cl2N2O3. The minimum Gasteiger partial charge on any atom is -0.345 e. The van der Waals surface area contributed by atoms with Gasteiger partial charge in [0.1, 0.15) is 5.02 Å². The number of halogens is 2. The van der Waals surface area contributed by atoms with Gasteiger partial charge in [-0.3, -0.25) is 14.9 Å². The van der Waals surface area contributed by atoms with Crippen molar-refractivity contribution in [3.05, 3.63) is 37.9 Å². The first kappa shape index (κ1) is 12.7. The maximum Gasteiger partial charge on any atom is 0.288 e. The van der Waals surface area contributed by atoms with E-state index in [1.807, 2.05) is 0 Å². The Labute approximate surface area is 102 Å². The molecule has 7 heteroatoms. The number of carbonyl (C=O) groups excluding carboxylic acids is 1. The van der Waals surface area contributed by atoms with Crippen LogP contribution in [0.1, 0.15) is 10.4 Å². The van der Waals surface area contributed by atoms with E-state index in [1.54, 1.807) is 0 Å². The van der Waals surface area contributed by atoms with Gasteiger partial charge >= 0.3 is 0 Å². The summed E-state index contributed by atoms with van der Waals surface area (Å²) in [5.41, 5.74) is -0.390. The Balaban J connectivity index is 3.43. The number of hydrogen-bond donors (Lipinski definition) is 0. The van der Waals surface area contributed by atoms with Crippen LogP contribution >= 0.6 is 23.2 Å². The van der Waals surface area contributed by atoms with Gasteiger partial charge in [0, 0.05) is 20.2 Å². The van der Waals surface area contributed by atoms with E-state index < -0.39 is 10.8 Å². The third-order valence-corrected chi connectivity index (χ3v) is 2.59. The highest BCUT2D eigenvalue weighted by molar-refractivity contribution is 6.40. The topological polar surface area (TPSA) is 63.5 Å². The van der Waals surface area contributed by atoms with Crippen LogP contribution in [0.25, 0.3) is 0 Å². The number of hydrogen-bond acceptors (Lipinski definition) is 3. The van der Waals surface area contributed by atoms with Crippen LogP contribution in [0.4, 0.5) is 5.69 Å². The summed E-state index contributed by atoms with van der Waals surface area (Å²) < 4.78 is 0. The first-order valence-electron chi connectivity index (χ1n) is 4.20. The van der Waals surface area contributed by atoms with Crippen LogP contribution in [0.2, 0.25) is 10.0 Å². The fourth-order valence-corrected chi connectivity index (χ4v) is 1.70. The second-order valence-electron chi connectivity index (χ2n) is 3.21. The van der Waals surface area contributed by atoms with E-state index in [2.05, 4.69) is 0 Å². The minimum atomic E-state index is -0.662. The molecule has 0 saturated heterocycles. The van der Waals surface area contributed by atoms with Gasteiger partial charge < -0.3 is 4.90 Å². The predicted octanol–water partition coefficient (Wildman–Crippen LogP) is 2.60. The normalized spacial score (nSPS) is 10.0. The van der Waals surface area contributed by atoms with Crippen molar-refractivity contribution in [1.29, 1.82) is 0 Å². The fourth-order valence-electron chi connectivity index (χ4n) is 1.10. The van der Waals surface area contributed by atoms with Gasteiger partial charge in [-0.15, -0.1) is 0 Å². The zero-order valence-electron chi connectivity index (χ0n) is 8.53. The van der Waals surface area contributed by atoms with Crippen molar-refractivity contribution in [2.75, 3.05) is 14.1 Å². The molecule has 0 saturated carbocycles. The average molecular weight is 263 g/mol. The van der Waals surface area contributed by atoms with E-state index in [4.69, 9.17) is 23.2 Å². The van der Waals surface area contributed by atoms with E-state index in [-0.39, 0.29) is 21.3 Å². The highest BCUT2D eigenvalue weighted by atomic mass is 35.5. The number of nitrogens with zero attached hydrogens (tertiary/aromatic N) is 2. The molecular weight excluding hydrogens is 255 g/mol. The predicted molar refractivity (Wildman–Crippen MR) is 61.1 cm³/mol. The molecule has 0 heterocycles. The summed E-state index contributed by atoms with van der Waals surface area (Å²) in [5, 5.41) is 10.5. The van der Waals surface area contributed by atoms with Gasteiger partial charge in [-0.25, -0.2) is 0 Å². The molecule has 0 fully saturated rings. The Bertz CT molecular complexity index is 460. The molecule has 5 nitrogen and oxygen atoms in total. The molecule has 0 aliphatic carbocycles.